The molecule has 0 aromatic heterocycles. The zero-order chi connectivity index (χ0) is 13.7. The quantitative estimate of drug-likeness (QED) is 0.846. The molecule has 0 bridgehead atoms. The Bertz CT molecular complexity index is 567. The Kier molecular flexibility index (Phi) is 4.58. The van der Waals surface area contributed by atoms with Crippen molar-refractivity contribution in [3.05, 3.63) is 58.6 Å². The average Bonchev–Trinajstić information content (AvgIpc) is 2.40. The van der Waals surface area contributed by atoms with Gasteiger partial charge in [-0.1, -0.05) is 34.1 Å². The Hall–Kier alpha value is -1.81. The molecular formula is C15H15BrN2O. The van der Waals surface area contributed by atoms with Crippen molar-refractivity contribution in [1.29, 1.82) is 0 Å². The number of hydrogen-bond donors (Lipinski definition) is 2. The van der Waals surface area contributed by atoms with Gasteiger partial charge in [0, 0.05) is 22.3 Å². The summed E-state index contributed by atoms with van der Waals surface area (Å²) in [5.41, 5.74) is 8.38. The number of halogens is 1. The van der Waals surface area contributed by atoms with Crippen LogP contribution < -0.4 is 11.1 Å². The lowest BCUT2D eigenvalue weighted by atomic mass is 10.1. The Morgan fingerprint density at radius 1 is 1.11 bits per heavy atom. The molecule has 2 aromatic rings. The van der Waals surface area contributed by atoms with Gasteiger partial charge in [-0.2, -0.15) is 0 Å². The third kappa shape index (κ3) is 4.10. The summed E-state index contributed by atoms with van der Waals surface area (Å²) < 4.78 is 0.988. The lowest BCUT2D eigenvalue weighted by Crippen LogP contribution is -2.12. The number of amides is 1. The molecule has 0 fully saturated rings. The fraction of sp³-hybridized carbons (Fsp3) is 0.133. The summed E-state index contributed by atoms with van der Waals surface area (Å²) in [7, 11) is 0. The van der Waals surface area contributed by atoms with E-state index in [-0.39, 0.29) is 5.91 Å². The molecule has 2 rings (SSSR count). The van der Waals surface area contributed by atoms with Crippen molar-refractivity contribution >= 4 is 33.2 Å². The lowest BCUT2D eigenvalue weighted by molar-refractivity contribution is -0.116. The van der Waals surface area contributed by atoms with Gasteiger partial charge in [-0.25, -0.2) is 0 Å². The normalized spacial score (nSPS) is 10.2. The Morgan fingerprint density at radius 2 is 1.79 bits per heavy atom. The van der Waals surface area contributed by atoms with Gasteiger partial charge in [-0.15, -0.1) is 0 Å². The minimum absolute atomic E-state index is 0.00873. The van der Waals surface area contributed by atoms with E-state index in [1.54, 1.807) is 0 Å². The molecule has 3 nitrogen and oxygen atoms in total. The minimum Gasteiger partial charge on any atom is -0.399 e. The van der Waals surface area contributed by atoms with Crippen LogP contribution in [-0.2, 0) is 11.2 Å². The summed E-state index contributed by atoms with van der Waals surface area (Å²) in [5, 5.41) is 2.86. The van der Waals surface area contributed by atoms with E-state index in [4.69, 9.17) is 5.73 Å². The van der Waals surface area contributed by atoms with Crippen LogP contribution in [0.4, 0.5) is 11.4 Å². The van der Waals surface area contributed by atoms with Crippen molar-refractivity contribution in [3.8, 4) is 0 Å². The summed E-state index contributed by atoms with van der Waals surface area (Å²) in [5.74, 6) is -0.00873. The van der Waals surface area contributed by atoms with Gasteiger partial charge >= 0.3 is 0 Å². The molecule has 0 radical (unpaired) electrons. The van der Waals surface area contributed by atoms with Crippen LogP contribution in [-0.4, -0.2) is 5.91 Å². The summed E-state index contributed by atoms with van der Waals surface area (Å²) in [6.07, 6.45) is 1.07. The average molecular weight is 319 g/mol. The number of hydrogen-bond acceptors (Lipinski definition) is 2. The first kappa shape index (κ1) is 13.6. The van der Waals surface area contributed by atoms with Gasteiger partial charge in [-0.05, 0) is 42.3 Å². The highest BCUT2D eigenvalue weighted by atomic mass is 79.9. The molecule has 2 aromatic carbocycles. The molecule has 19 heavy (non-hydrogen) atoms. The second kappa shape index (κ2) is 6.38. The van der Waals surface area contributed by atoms with Crippen LogP contribution in [0.3, 0.4) is 0 Å². The van der Waals surface area contributed by atoms with Crippen LogP contribution in [0.2, 0.25) is 0 Å². The largest absolute Gasteiger partial charge is 0.399 e. The van der Waals surface area contributed by atoms with Crippen LogP contribution in [0.5, 0.6) is 0 Å². The van der Waals surface area contributed by atoms with E-state index in [2.05, 4.69) is 21.2 Å². The van der Waals surface area contributed by atoms with Crippen molar-refractivity contribution in [3.63, 3.8) is 0 Å². The van der Waals surface area contributed by atoms with E-state index in [1.165, 1.54) is 0 Å². The number of para-hydroxylation sites is 1. The monoisotopic (exact) mass is 318 g/mol. The Balaban J connectivity index is 1.88. The summed E-state index contributed by atoms with van der Waals surface area (Å²) in [6.45, 7) is 0. The lowest BCUT2D eigenvalue weighted by Gasteiger charge is -2.07. The number of nitrogen functional groups attached to an aromatic ring is 1. The van der Waals surface area contributed by atoms with Crippen LogP contribution in [0, 0.1) is 0 Å². The Morgan fingerprint density at radius 3 is 2.47 bits per heavy atom. The van der Waals surface area contributed by atoms with E-state index in [1.807, 2.05) is 48.5 Å². The number of rotatable bonds is 4. The third-order valence-corrected chi connectivity index (χ3v) is 3.33. The van der Waals surface area contributed by atoms with Gasteiger partial charge in [-0.3, -0.25) is 4.79 Å². The van der Waals surface area contributed by atoms with Crippen LogP contribution in [0.1, 0.15) is 12.0 Å². The predicted molar refractivity (Wildman–Crippen MR) is 81.9 cm³/mol. The van der Waals surface area contributed by atoms with Gasteiger partial charge in [0.1, 0.15) is 0 Å². The van der Waals surface area contributed by atoms with Crippen molar-refractivity contribution in [2.75, 3.05) is 11.1 Å². The maximum Gasteiger partial charge on any atom is 0.224 e. The summed E-state index contributed by atoms with van der Waals surface area (Å²) in [4.78, 5) is 11.8. The molecule has 3 N–H and O–H groups in total. The number of benzene rings is 2. The fourth-order valence-electron chi connectivity index (χ4n) is 1.77. The van der Waals surface area contributed by atoms with Crippen LogP contribution in [0.25, 0.3) is 0 Å². The van der Waals surface area contributed by atoms with E-state index in [0.717, 1.165) is 21.4 Å². The zero-order valence-electron chi connectivity index (χ0n) is 10.4. The third-order valence-electron chi connectivity index (χ3n) is 2.80. The molecule has 0 heterocycles. The number of aryl methyl sites for hydroxylation is 1. The second-order valence-corrected chi connectivity index (χ2v) is 5.17. The van der Waals surface area contributed by atoms with Crippen molar-refractivity contribution in [2.24, 2.45) is 0 Å². The summed E-state index contributed by atoms with van der Waals surface area (Å²) >= 11 is 3.35. The van der Waals surface area contributed by atoms with Crippen molar-refractivity contribution < 1.29 is 4.79 Å². The zero-order valence-corrected chi connectivity index (χ0v) is 12.0. The second-order valence-electron chi connectivity index (χ2n) is 4.25. The smallest absolute Gasteiger partial charge is 0.224 e. The van der Waals surface area contributed by atoms with E-state index >= 15 is 0 Å². The maximum absolute atomic E-state index is 11.8. The molecule has 0 saturated heterocycles. The molecule has 0 aliphatic heterocycles. The van der Waals surface area contributed by atoms with Crippen LogP contribution >= 0.6 is 15.9 Å². The van der Waals surface area contributed by atoms with Crippen molar-refractivity contribution in [2.45, 2.75) is 12.8 Å². The number of anilines is 2. The number of nitrogens with one attached hydrogen (secondary N) is 1. The fourth-order valence-corrected chi connectivity index (χ4v) is 2.03. The standard InChI is InChI=1S/C15H15BrN2O/c16-12-6-8-13(9-7-12)18-15(19)10-5-11-3-1-2-4-14(11)17/h1-4,6-9H,5,10,17H2,(H,18,19). The summed E-state index contributed by atoms with van der Waals surface area (Å²) in [6, 6.07) is 15.1. The van der Waals surface area contributed by atoms with E-state index < -0.39 is 0 Å². The molecule has 0 spiro atoms. The number of carbonyl (C=O) groups is 1. The highest BCUT2D eigenvalue weighted by Crippen LogP contribution is 2.16. The molecular weight excluding hydrogens is 304 g/mol. The van der Waals surface area contributed by atoms with Gasteiger partial charge in [0.2, 0.25) is 5.91 Å². The molecule has 0 aliphatic rings. The topological polar surface area (TPSA) is 55.1 Å². The van der Waals surface area contributed by atoms with Crippen molar-refractivity contribution in [1.82, 2.24) is 0 Å². The number of nitrogens with two attached hydrogens (primary N) is 1. The van der Waals surface area contributed by atoms with Gasteiger partial charge in [0.05, 0.1) is 0 Å². The van der Waals surface area contributed by atoms with Gasteiger partial charge in [0.25, 0.3) is 0 Å². The first-order chi connectivity index (χ1) is 9.15. The maximum atomic E-state index is 11.8. The molecule has 1 amide bonds. The molecule has 0 saturated carbocycles. The highest BCUT2D eigenvalue weighted by Gasteiger charge is 2.04. The highest BCUT2D eigenvalue weighted by molar-refractivity contribution is 9.10. The molecule has 0 unspecified atom stereocenters. The van der Waals surface area contributed by atoms with E-state index in [9.17, 15) is 4.79 Å². The van der Waals surface area contributed by atoms with Crippen LogP contribution in [0.15, 0.2) is 53.0 Å². The SMILES string of the molecule is Nc1ccccc1CCC(=O)Nc1ccc(Br)cc1. The molecule has 4 heteroatoms. The van der Waals surface area contributed by atoms with Gasteiger partial charge < -0.3 is 11.1 Å². The first-order valence-electron chi connectivity index (χ1n) is 6.04. The molecule has 0 aliphatic carbocycles. The van der Waals surface area contributed by atoms with Gasteiger partial charge in [0.15, 0.2) is 0 Å². The Labute approximate surface area is 121 Å². The molecule has 98 valence electrons. The minimum atomic E-state index is -0.00873. The first-order valence-corrected chi connectivity index (χ1v) is 6.83. The number of carbonyl (C=O) groups excluding carboxylic acids is 1. The van der Waals surface area contributed by atoms with E-state index in [0.29, 0.717) is 12.8 Å². The predicted octanol–water partition coefficient (Wildman–Crippen LogP) is 3.60. The molecule has 0 atom stereocenters.